The highest BCUT2D eigenvalue weighted by molar-refractivity contribution is 5.19. The molecule has 25 heavy (non-hydrogen) atoms. The van der Waals surface area contributed by atoms with Gasteiger partial charge < -0.3 is 0 Å². The van der Waals surface area contributed by atoms with Crippen LogP contribution in [0.2, 0.25) is 0 Å². The highest BCUT2D eigenvalue weighted by Gasteiger charge is 2.27. The second-order valence-corrected chi connectivity index (χ2v) is 7.11. The fraction of sp³-hybridized carbons (Fsp3) is 0.417. The third-order valence-corrected chi connectivity index (χ3v) is 5.24. The number of hydrogen-bond acceptors (Lipinski definition) is 1. The zero-order valence-corrected chi connectivity index (χ0v) is 15.3. The fourth-order valence-electron chi connectivity index (χ4n) is 3.99. The summed E-state index contributed by atoms with van der Waals surface area (Å²) in [6.45, 7) is 3.91. The Morgan fingerprint density at radius 3 is 1.84 bits per heavy atom. The van der Waals surface area contributed by atoms with Crippen LogP contribution in [0.5, 0.6) is 0 Å². The molecule has 3 rings (SSSR count). The molecule has 2 aromatic rings. The Bertz CT molecular complexity index is 633. The van der Waals surface area contributed by atoms with E-state index in [9.17, 15) is 0 Å². The molecule has 0 spiro atoms. The molecule has 1 aliphatic rings. The summed E-state index contributed by atoms with van der Waals surface area (Å²) in [5.41, 5.74) is 2.74. The lowest BCUT2D eigenvalue weighted by molar-refractivity contribution is 0.141. The van der Waals surface area contributed by atoms with E-state index in [0.717, 1.165) is 13.1 Å². The van der Waals surface area contributed by atoms with Gasteiger partial charge in [-0.1, -0.05) is 85.8 Å². The largest absolute Gasteiger partial charge is 0.281 e. The average molecular weight is 332 g/mol. The van der Waals surface area contributed by atoms with E-state index in [2.05, 4.69) is 77.4 Å². The van der Waals surface area contributed by atoms with Crippen LogP contribution in [-0.2, 0) is 13.1 Å². The topological polar surface area (TPSA) is 3.24 Å². The van der Waals surface area contributed by atoms with E-state index in [4.69, 9.17) is 0 Å². The van der Waals surface area contributed by atoms with Gasteiger partial charge in [0.15, 0.2) is 0 Å². The Balaban J connectivity index is 1.84. The smallest absolute Gasteiger partial charge is 0.0748 e. The molecule has 0 radical (unpaired) electrons. The summed E-state index contributed by atoms with van der Waals surface area (Å²) in [4.78, 5) is 2.59. The van der Waals surface area contributed by atoms with Gasteiger partial charge in [0.25, 0.3) is 0 Å². The molecule has 1 fully saturated rings. The quantitative estimate of drug-likeness (QED) is 0.617. The maximum absolute atomic E-state index is 3.57. The van der Waals surface area contributed by atoms with E-state index >= 15 is 0 Å². The zero-order valence-electron chi connectivity index (χ0n) is 15.3. The molecule has 0 heterocycles. The minimum atomic E-state index is 0.353. The molecule has 130 valence electrons. The van der Waals surface area contributed by atoms with Crippen LogP contribution in [0.4, 0.5) is 0 Å². The Labute approximate surface area is 153 Å². The predicted molar refractivity (Wildman–Crippen MR) is 106 cm³/mol. The summed E-state index contributed by atoms with van der Waals surface area (Å²) in [5.74, 6) is 7.50. The maximum atomic E-state index is 3.57. The third-order valence-electron chi connectivity index (χ3n) is 5.24. The van der Waals surface area contributed by atoms with Crippen molar-refractivity contribution >= 4 is 0 Å². The van der Waals surface area contributed by atoms with Crippen LogP contribution in [0.15, 0.2) is 60.7 Å². The molecule has 0 N–H and O–H groups in total. The van der Waals surface area contributed by atoms with Gasteiger partial charge in [-0.2, -0.15) is 0 Å². The van der Waals surface area contributed by atoms with Crippen LogP contribution >= 0.6 is 0 Å². The molecule has 2 aromatic carbocycles. The first kappa shape index (κ1) is 17.8. The standard InChI is InChI=1S/C24H29N/c1-2-12-24(23-17-10-5-11-18-23)25(19-21-13-6-3-7-14-21)20-22-15-8-4-9-16-22/h3-4,6-9,13-16,23-24H,5,10-11,17-20H2,1H3/t24-/m0/s1. The van der Waals surface area contributed by atoms with Crippen LogP contribution < -0.4 is 0 Å². The van der Waals surface area contributed by atoms with E-state index in [-0.39, 0.29) is 0 Å². The van der Waals surface area contributed by atoms with Crippen molar-refractivity contribution in [2.45, 2.75) is 58.2 Å². The molecule has 0 aromatic heterocycles. The van der Waals surface area contributed by atoms with Gasteiger partial charge in [0.05, 0.1) is 6.04 Å². The maximum Gasteiger partial charge on any atom is 0.0748 e. The van der Waals surface area contributed by atoms with Gasteiger partial charge in [-0.3, -0.25) is 4.90 Å². The first-order valence-corrected chi connectivity index (χ1v) is 9.61. The summed E-state index contributed by atoms with van der Waals surface area (Å²) < 4.78 is 0. The number of benzene rings is 2. The minimum Gasteiger partial charge on any atom is -0.281 e. The summed E-state index contributed by atoms with van der Waals surface area (Å²) in [5, 5.41) is 0. The van der Waals surface area contributed by atoms with Gasteiger partial charge in [0.2, 0.25) is 0 Å². The first-order valence-electron chi connectivity index (χ1n) is 9.61. The Kier molecular flexibility index (Phi) is 6.71. The Morgan fingerprint density at radius 1 is 0.840 bits per heavy atom. The van der Waals surface area contributed by atoms with Gasteiger partial charge in [-0.25, -0.2) is 0 Å². The lowest BCUT2D eigenvalue weighted by Gasteiger charge is -2.36. The van der Waals surface area contributed by atoms with Crippen LogP contribution in [0, 0.1) is 17.8 Å². The normalized spacial score (nSPS) is 16.2. The Morgan fingerprint density at radius 2 is 1.36 bits per heavy atom. The lowest BCUT2D eigenvalue weighted by Crippen LogP contribution is -2.39. The van der Waals surface area contributed by atoms with Crippen molar-refractivity contribution in [3.63, 3.8) is 0 Å². The van der Waals surface area contributed by atoms with Crippen LogP contribution in [0.1, 0.15) is 50.2 Å². The highest BCUT2D eigenvalue weighted by atomic mass is 15.2. The second kappa shape index (κ2) is 9.44. The molecule has 0 amide bonds. The van der Waals surface area contributed by atoms with Crippen molar-refractivity contribution in [2.75, 3.05) is 0 Å². The van der Waals surface area contributed by atoms with E-state index in [0.29, 0.717) is 12.0 Å². The highest BCUT2D eigenvalue weighted by Crippen LogP contribution is 2.30. The van der Waals surface area contributed by atoms with Crippen molar-refractivity contribution in [1.29, 1.82) is 0 Å². The van der Waals surface area contributed by atoms with Crippen molar-refractivity contribution in [3.8, 4) is 11.8 Å². The summed E-state index contributed by atoms with van der Waals surface area (Å²) in [6, 6.07) is 22.0. The second-order valence-electron chi connectivity index (χ2n) is 7.11. The lowest BCUT2D eigenvalue weighted by atomic mass is 9.83. The van der Waals surface area contributed by atoms with Crippen LogP contribution in [0.3, 0.4) is 0 Å². The van der Waals surface area contributed by atoms with E-state index in [1.165, 1.54) is 43.2 Å². The van der Waals surface area contributed by atoms with Crippen molar-refractivity contribution in [1.82, 2.24) is 4.90 Å². The molecule has 1 saturated carbocycles. The van der Waals surface area contributed by atoms with Gasteiger partial charge in [-0.05, 0) is 36.8 Å². The summed E-state index contributed by atoms with van der Waals surface area (Å²) in [6.07, 6.45) is 6.74. The molecule has 0 aliphatic heterocycles. The monoisotopic (exact) mass is 331 g/mol. The molecule has 1 heteroatoms. The predicted octanol–water partition coefficient (Wildman–Crippen LogP) is 5.66. The van der Waals surface area contributed by atoms with Crippen LogP contribution in [-0.4, -0.2) is 10.9 Å². The minimum absolute atomic E-state index is 0.353. The zero-order chi connectivity index (χ0) is 17.3. The molecule has 1 aliphatic carbocycles. The van der Waals surface area contributed by atoms with Crippen LogP contribution in [0.25, 0.3) is 0 Å². The molecular weight excluding hydrogens is 302 g/mol. The fourth-order valence-corrected chi connectivity index (χ4v) is 3.99. The SMILES string of the molecule is CC#C[C@@H](C1CCCCC1)N(Cc1ccccc1)Cc1ccccc1. The van der Waals surface area contributed by atoms with Gasteiger partial charge >= 0.3 is 0 Å². The number of nitrogens with zero attached hydrogens (tertiary/aromatic N) is 1. The molecule has 1 nitrogen and oxygen atoms in total. The number of rotatable bonds is 6. The molecule has 0 bridgehead atoms. The van der Waals surface area contributed by atoms with Gasteiger partial charge in [0.1, 0.15) is 0 Å². The van der Waals surface area contributed by atoms with Crippen molar-refractivity contribution in [3.05, 3.63) is 71.8 Å². The average Bonchev–Trinajstić information content (AvgIpc) is 2.68. The van der Waals surface area contributed by atoms with E-state index in [1.54, 1.807) is 0 Å². The molecule has 0 saturated heterocycles. The van der Waals surface area contributed by atoms with Crippen molar-refractivity contribution < 1.29 is 0 Å². The van der Waals surface area contributed by atoms with Gasteiger partial charge in [0, 0.05) is 13.1 Å². The summed E-state index contributed by atoms with van der Waals surface area (Å²) in [7, 11) is 0. The third kappa shape index (κ3) is 5.21. The number of hydrogen-bond donors (Lipinski definition) is 0. The van der Waals surface area contributed by atoms with Gasteiger partial charge in [-0.15, -0.1) is 5.92 Å². The molecular formula is C24H29N. The van der Waals surface area contributed by atoms with Crippen molar-refractivity contribution in [2.24, 2.45) is 5.92 Å². The molecule has 1 atom stereocenters. The molecule has 0 unspecified atom stereocenters. The Hall–Kier alpha value is -2.04. The van der Waals surface area contributed by atoms with E-state index in [1.807, 2.05) is 6.92 Å². The van der Waals surface area contributed by atoms with E-state index < -0.39 is 0 Å². The summed E-state index contributed by atoms with van der Waals surface area (Å²) >= 11 is 0. The first-order chi connectivity index (χ1) is 12.4.